The van der Waals surface area contributed by atoms with Crippen LogP contribution in [0.3, 0.4) is 0 Å². The van der Waals surface area contributed by atoms with Gasteiger partial charge in [0.05, 0.1) is 11.0 Å². The van der Waals surface area contributed by atoms with Crippen LogP contribution in [-0.2, 0) is 5.41 Å². The van der Waals surface area contributed by atoms with Gasteiger partial charge in [-0.25, -0.2) is 0 Å². The third-order valence-corrected chi connectivity index (χ3v) is 11.7. The largest absolute Gasteiger partial charge is 0.310 e. The van der Waals surface area contributed by atoms with E-state index in [9.17, 15) is 9.59 Å². The molecule has 4 nitrogen and oxygen atoms in total. The van der Waals surface area contributed by atoms with Crippen molar-refractivity contribution in [3.05, 3.63) is 204 Å². The first-order valence-corrected chi connectivity index (χ1v) is 19.3. The van der Waals surface area contributed by atoms with Gasteiger partial charge in [-0.15, -0.1) is 0 Å². The van der Waals surface area contributed by atoms with Crippen LogP contribution in [0.5, 0.6) is 0 Å². The van der Waals surface area contributed by atoms with Crippen molar-refractivity contribution < 1.29 is 9.59 Å². The molecule has 0 saturated heterocycles. The molecule has 57 heavy (non-hydrogen) atoms. The van der Waals surface area contributed by atoms with E-state index in [1.807, 2.05) is 42.5 Å². The number of carbonyl (C=O) groups excluding carboxylic acids is 2. The predicted molar refractivity (Wildman–Crippen MR) is 235 cm³/mol. The number of anilines is 3. The Kier molecular flexibility index (Phi) is 8.08. The molecule has 8 aromatic carbocycles. The summed E-state index contributed by atoms with van der Waals surface area (Å²) in [6, 6.07) is 63.9. The van der Waals surface area contributed by atoms with Crippen molar-refractivity contribution >= 4 is 51.4 Å². The molecule has 0 N–H and O–H groups in total. The smallest absolute Gasteiger partial charge is 0.150 e. The summed E-state index contributed by atoms with van der Waals surface area (Å²) in [5.41, 5.74) is 17.0. The normalized spacial score (nSPS) is 12.7. The molecule has 10 rings (SSSR count). The van der Waals surface area contributed by atoms with Crippen molar-refractivity contribution in [2.24, 2.45) is 0 Å². The second-order valence-electron chi connectivity index (χ2n) is 15.4. The number of benzene rings is 8. The van der Waals surface area contributed by atoms with Gasteiger partial charge in [-0.1, -0.05) is 111 Å². The van der Waals surface area contributed by atoms with Crippen molar-refractivity contribution in [2.75, 3.05) is 4.90 Å². The molecule has 1 aliphatic carbocycles. The fourth-order valence-corrected chi connectivity index (χ4v) is 8.77. The van der Waals surface area contributed by atoms with E-state index >= 15 is 0 Å². The van der Waals surface area contributed by atoms with Gasteiger partial charge >= 0.3 is 0 Å². The first kappa shape index (κ1) is 34.2. The van der Waals surface area contributed by atoms with Crippen LogP contribution in [0.2, 0.25) is 0 Å². The van der Waals surface area contributed by atoms with E-state index in [0.29, 0.717) is 11.1 Å². The van der Waals surface area contributed by atoms with Gasteiger partial charge in [-0.2, -0.15) is 0 Å². The molecule has 1 aliphatic rings. The molecule has 0 aliphatic heterocycles. The number of rotatable bonds is 8. The summed E-state index contributed by atoms with van der Waals surface area (Å²) in [6.07, 6.45) is 1.81. The standard InChI is InChI=1S/C53H38N2O2/c1-53(2)49-30-36(34-57)14-27-45(49)46-28-26-44(32-50(46)53)54(41-22-15-38(16-23-41)37-8-4-3-5-9-37)42-24-17-39(18-25-42)40-19-29-52-48(31-40)47-10-6-7-11-51(47)55(52)43-20-12-35(33-56)13-21-43/h3-34H,1-2H3. The van der Waals surface area contributed by atoms with E-state index in [-0.39, 0.29) is 5.41 Å². The van der Waals surface area contributed by atoms with E-state index in [1.165, 1.54) is 44.2 Å². The van der Waals surface area contributed by atoms with Gasteiger partial charge in [0.2, 0.25) is 0 Å². The van der Waals surface area contributed by atoms with Crippen molar-refractivity contribution in [3.8, 4) is 39.1 Å². The van der Waals surface area contributed by atoms with E-state index in [2.05, 4.69) is 163 Å². The van der Waals surface area contributed by atoms with Crippen LogP contribution in [0.1, 0.15) is 45.7 Å². The number of para-hydroxylation sites is 1. The number of aromatic nitrogens is 1. The molecule has 272 valence electrons. The summed E-state index contributed by atoms with van der Waals surface area (Å²) in [5.74, 6) is 0. The third kappa shape index (κ3) is 5.68. The molecule has 0 saturated carbocycles. The Labute approximate surface area is 331 Å². The van der Waals surface area contributed by atoms with Crippen LogP contribution in [0.15, 0.2) is 182 Å². The lowest BCUT2D eigenvalue weighted by Crippen LogP contribution is -2.17. The minimum absolute atomic E-state index is 0.271. The Hall–Kier alpha value is -7.30. The SMILES string of the molecule is CC1(C)c2cc(C=O)ccc2-c2ccc(N(c3ccc(-c4ccccc4)cc3)c3ccc(-c4ccc5c(c4)c4ccccc4n5-c4ccc(C=O)cc4)cc3)cc21. The van der Waals surface area contributed by atoms with Crippen LogP contribution < -0.4 is 4.90 Å². The average Bonchev–Trinajstić information content (AvgIpc) is 3.72. The Morgan fingerprint density at radius 1 is 0.439 bits per heavy atom. The lowest BCUT2D eigenvalue weighted by atomic mass is 9.82. The summed E-state index contributed by atoms with van der Waals surface area (Å²) in [7, 11) is 0. The minimum Gasteiger partial charge on any atom is -0.310 e. The van der Waals surface area contributed by atoms with E-state index in [0.717, 1.165) is 57.5 Å². The maximum absolute atomic E-state index is 11.7. The highest BCUT2D eigenvalue weighted by molar-refractivity contribution is 6.10. The highest BCUT2D eigenvalue weighted by Crippen LogP contribution is 2.51. The highest BCUT2D eigenvalue weighted by atomic mass is 16.1. The van der Waals surface area contributed by atoms with Gasteiger partial charge in [0, 0.05) is 50.1 Å². The quantitative estimate of drug-likeness (QED) is 0.146. The first-order chi connectivity index (χ1) is 27.9. The predicted octanol–water partition coefficient (Wildman–Crippen LogP) is 13.5. The van der Waals surface area contributed by atoms with Crippen molar-refractivity contribution in [3.63, 3.8) is 0 Å². The van der Waals surface area contributed by atoms with Crippen molar-refractivity contribution in [1.82, 2.24) is 4.57 Å². The molecule has 0 spiro atoms. The second kappa shape index (κ2) is 13.5. The zero-order chi connectivity index (χ0) is 38.7. The molecule has 0 fully saturated rings. The van der Waals surface area contributed by atoms with Gasteiger partial charge in [0.25, 0.3) is 0 Å². The lowest BCUT2D eigenvalue weighted by Gasteiger charge is -2.28. The summed E-state index contributed by atoms with van der Waals surface area (Å²) >= 11 is 0. The molecule has 0 atom stereocenters. The summed E-state index contributed by atoms with van der Waals surface area (Å²) in [6.45, 7) is 4.50. The average molecular weight is 735 g/mol. The van der Waals surface area contributed by atoms with E-state index in [4.69, 9.17) is 0 Å². The monoisotopic (exact) mass is 734 g/mol. The summed E-state index contributed by atoms with van der Waals surface area (Å²) in [5, 5.41) is 2.36. The van der Waals surface area contributed by atoms with Crippen LogP contribution in [0.25, 0.3) is 60.9 Å². The molecular weight excluding hydrogens is 697 g/mol. The van der Waals surface area contributed by atoms with Gasteiger partial charge in [-0.05, 0) is 129 Å². The molecule has 0 unspecified atom stereocenters. The van der Waals surface area contributed by atoms with Gasteiger partial charge in [-0.3, -0.25) is 9.59 Å². The van der Waals surface area contributed by atoms with Gasteiger partial charge in [0.15, 0.2) is 0 Å². The van der Waals surface area contributed by atoms with Crippen LogP contribution >= 0.6 is 0 Å². The third-order valence-electron chi connectivity index (χ3n) is 11.7. The van der Waals surface area contributed by atoms with Crippen LogP contribution in [0, 0.1) is 0 Å². The van der Waals surface area contributed by atoms with Crippen LogP contribution in [-0.4, -0.2) is 17.1 Å². The van der Waals surface area contributed by atoms with E-state index < -0.39 is 0 Å². The first-order valence-electron chi connectivity index (χ1n) is 19.3. The zero-order valence-electron chi connectivity index (χ0n) is 31.7. The maximum atomic E-state index is 11.7. The Morgan fingerprint density at radius 3 is 1.65 bits per heavy atom. The number of nitrogens with zero attached hydrogens (tertiary/aromatic N) is 2. The van der Waals surface area contributed by atoms with Gasteiger partial charge < -0.3 is 9.47 Å². The van der Waals surface area contributed by atoms with Gasteiger partial charge in [0.1, 0.15) is 12.6 Å². The lowest BCUT2D eigenvalue weighted by molar-refractivity contribution is 0.111. The fourth-order valence-electron chi connectivity index (χ4n) is 8.77. The van der Waals surface area contributed by atoms with E-state index in [1.54, 1.807) is 0 Å². The number of aldehydes is 2. The van der Waals surface area contributed by atoms with Crippen LogP contribution in [0.4, 0.5) is 17.1 Å². The molecular formula is C53H38N2O2. The number of hydrogen-bond acceptors (Lipinski definition) is 3. The number of hydrogen-bond donors (Lipinski definition) is 0. The summed E-state index contributed by atoms with van der Waals surface area (Å²) in [4.78, 5) is 25.4. The molecule has 0 amide bonds. The Balaban J connectivity index is 1.06. The Morgan fingerprint density at radius 2 is 0.965 bits per heavy atom. The van der Waals surface area contributed by atoms with Crippen molar-refractivity contribution in [1.29, 1.82) is 0 Å². The molecule has 1 aromatic heterocycles. The maximum Gasteiger partial charge on any atom is 0.150 e. The Bertz CT molecular complexity index is 2990. The molecule has 1 heterocycles. The molecule has 0 bridgehead atoms. The van der Waals surface area contributed by atoms with Crippen molar-refractivity contribution in [2.45, 2.75) is 19.3 Å². The second-order valence-corrected chi connectivity index (χ2v) is 15.4. The zero-order valence-corrected chi connectivity index (χ0v) is 31.7. The minimum atomic E-state index is -0.271. The number of fused-ring (bicyclic) bond motifs is 6. The highest BCUT2D eigenvalue weighted by Gasteiger charge is 2.36. The molecule has 0 radical (unpaired) electrons. The number of carbonyl (C=O) groups is 2. The molecule has 9 aromatic rings. The fraction of sp³-hybridized carbons (Fsp3) is 0.0566. The molecule has 4 heteroatoms. The summed E-state index contributed by atoms with van der Waals surface area (Å²) < 4.78 is 2.27. The topological polar surface area (TPSA) is 42.3 Å².